The van der Waals surface area contributed by atoms with Crippen molar-refractivity contribution in [1.82, 2.24) is 0 Å². The van der Waals surface area contributed by atoms with Crippen LogP contribution in [0.15, 0.2) is 0 Å². The van der Waals surface area contributed by atoms with E-state index >= 15 is 0 Å². The third-order valence-corrected chi connectivity index (χ3v) is 7.97. The molecule has 0 heterocycles. The monoisotopic (exact) mass is 257 g/mol. The summed E-state index contributed by atoms with van der Waals surface area (Å²) in [5, 5.41) is 0. The normalized spacial score (nSPS) is 11.5. The predicted octanol–water partition coefficient (Wildman–Crippen LogP) is 4.71. The van der Waals surface area contributed by atoms with E-state index in [0.29, 0.717) is 6.42 Å². The number of unbranched alkanes of at least 4 members (excludes halogenated alkanes) is 1. The highest BCUT2D eigenvalue weighted by atomic mass is 28.4. The molecule has 0 unspecified atom stereocenters. The number of hydrogen-bond donors (Lipinski definition) is 0. The molecule has 0 aromatic carbocycles. The molecule has 0 N–H and O–H groups in total. The predicted molar refractivity (Wildman–Crippen MR) is 76.3 cm³/mol. The molecule has 0 bridgehead atoms. The van der Waals surface area contributed by atoms with E-state index in [1.54, 1.807) is 0 Å². The van der Waals surface area contributed by atoms with Crippen molar-refractivity contribution in [3.05, 3.63) is 6.92 Å². The van der Waals surface area contributed by atoms with Crippen LogP contribution in [0.3, 0.4) is 0 Å². The fourth-order valence-electron chi connectivity index (χ4n) is 2.46. The second-order valence-corrected chi connectivity index (χ2v) is 8.93. The van der Waals surface area contributed by atoms with E-state index in [9.17, 15) is 4.79 Å². The molecule has 0 saturated carbocycles. The van der Waals surface area contributed by atoms with Gasteiger partial charge in [-0.05, 0) is 24.6 Å². The molecule has 0 aromatic heterocycles. The van der Waals surface area contributed by atoms with Gasteiger partial charge in [-0.3, -0.25) is 4.79 Å². The maximum Gasteiger partial charge on any atom is 0.292 e. The summed E-state index contributed by atoms with van der Waals surface area (Å²) in [5.74, 6) is 0.0238. The van der Waals surface area contributed by atoms with Crippen LogP contribution < -0.4 is 0 Å². The topological polar surface area (TPSA) is 26.3 Å². The Kier molecular flexibility index (Phi) is 9.51. The molecule has 0 amide bonds. The molecule has 0 aliphatic rings. The zero-order valence-corrected chi connectivity index (χ0v) is 12.9. The van der Waals surface area contributed by atoms with E-state index in [4.69, 9.17) is 4.43 Å². The highest BCUT2D eigenvalue weighted by Crippen LogP contribution is 2.28. The van der Waals surface area contributed by atoms with Crippen molar-refractivity contribution in [2.45, 2.75) is 77.4 Å². The van der Waals surface area contributed by atoms with Crippen LogP contribution in [-0.2, 0) is 9.22 Å². The molecule has 0 fully saturated rings. The fourth-order valence-corrected chi connectivity index (χ4v) is 6.83. The van der Waals surface area contributed by atoms with Gasteiger partial charge in [0.25, 0.3) is 14.3 Å². The van der Waals surface area contributed by atoms with Crippen molar-refractivity contribution in [2.24, 2.45) is 0 Å². The van der Waals surface area contributed by atoms with Crippen LogP contribution in [0.1, 0.15) is 59.3 Å². The van der Waals surface area contributed by atoms with Gasteiger partial charge in [0.1, 0.15) is 0 Å². The first-order valence-corrected chi connectivity index (χ1v) is 9.68. The van der Waals surface area contributed by atoms with Crippen molar-refractivity contribution in [2.75, 3.05) is 0 Å². The zero-order chi connectivity index (χ0) is 13.1. The lowest BCUT2D eigenvalue weighted by atomic mass is 10.3. The average molecular weight is 257 g/mol. The van der Waals surface area contributed by atoms with Gasteiger partial charge < -0.3 is 4.43 Å². The van der Waals surface area contributed by atoms with Gasteiger partial charge in [0.05, 0.1) is 0 Å². The van der Waals surface area contributed by atoms with Gasteiger partial charge in [-0.2, -0.15) is 0 Å². The molecule has 0 atom stereocenters. The second-order valence-electron chi connectivity index (χ2n) is 4.86. The maximum absolute atomic E-state index is 11.8. The van der Waals surface area contributed by atoms with Gasteiger partial charge >= 0.3 is 0 Å². The smallest absolute Gasteiger partial charge is 0.292 e. The van der Waals surface area contributed by atoms with Crippen molar-refractivity contribution in [1.29, 1.82) is 0 Å². The zero-order valence-electron chi connectivity index (χ0n) is 11.9. The van der Waals surface area contributed by atoms with Gasteiger partial charge in [0, 0.05) is 6.42 Å². The van der Waals surface area contributed by atoms with Crippen LogP contribution in [0, 0.1) is 6.92 Å². The highest BCUT2D eigenvalue weighted by molar-refractivity contribution is 6.75. The summed E-state index contributed by atoms with van der Waals surface area (Å²) in [6.07, 6.45) is 5.63. The lowest BCUT2D eigenvalue weighted by molar-refractivity contribution is -0.135. The molecule has 101 valence electrons. The summed E-state index contributed by atoms with van der Waals surface area (Å²) in [6, 6.07) is 3.39. The summed E-state index contributed by atoms with van der Waals surface area (Å²) >= 11 is 0. The Morgan fingerprint density at radius 3 is 1.88 bits per heavy atom. The van der Waals surface area contributed by atoms with Gasteiger partial charge in [-0.25, -0.2) is 0 Å². The number of hydrogen-bond acceptors (Lipinski definition) is 2. The summed E-state index contributed by atoms with van der Waals surface area (Å²) in [6.45, 7) is 10.3. The second kappa shape index (κ2) is 9.69. The molecule has 0 saturated heterocycles. The highest BCUT2D eigenvalue weighted by Gasteiger charge is 2.35. The van der Waals surface area contributed by atoms with Gasteiger partial charge in [0.2, 0.25) is 0 Å². The van der Waals surface area contributed by atoms with Crippen LogP contribution >= 0.6 is 0 Å². The largest absolute Gasteiger partial charge is 0.519 e. The Bertz CT molecular complexity index is 187. The third kappa shape index (κ3) is 6.87. The van der Waals surface area contributed by atoms with Crippen LogP contribution in [0.25, 0.3) is 0 Å². The van der Waals surface area contributed by atoms with E-state index in [1.165, 1.54) is 0 Å². The molecular formula is C14H29O2Si. The lowest BCUT2D eigenvalue weighted by Gasteiger charge is -2.30. The minimum absolute atomic E-state index is 0.0238. The Morgan fingerprint density at radius 2 is 1.53 bits per heavy atom. The molecule has 0 aliphatic carbocycles. The van der Waals surface area contributed by atoms with Gasteiger partial charge in [0.15, 0.2) is 0 Å². The van der Waals surface area contributed by atoms with Crippen LogP contribution in [-0.4, -0.2) is 14.3 Å². The van der Waals surface area contributed by atoms with Crippen LogP contribution in [0.5, 0.6) is 0 Å². The summed E-state index contributed by atoms with van der Waals surface area (Å²) in [5.41, 5.74) is 0. The minimum atomic E-state index is -1.78. The SMILES string of the molecule is [CH2]CCCC(=O)O[Si](CCC)(CCC)CCC. The Labute approximate surface area is 108 Å². The van der Waals surface area contributed by atoms with E-state index in [2.05, 4.69) is 27.7 Å². The van der Waals surface area contributed by atoms with E-state index in [0.717, 1.165) is 50.2 Å². The average Bonchev–Trinajstić information content (AvgIpc) is 2.27. The van der Waals surface area contributed by atoms with Gasteiger partial charge in [-0.15, -0.1) is 0 Å². The first kappa shape index (κ1) is 16.7. The Balaban J connectivity index is 4.46. The molecule has 0 rings (SSSR count). The van der Waals surface area contributed by atoms with Crippen molar-refractivity contribution in [3.8, 4) is 0 Å². The molecule has 0 spiro atoms. The van der Waals surface area contributed by atoms with E-state index in [-0.39, 0.29) is 5.97 Å². The number of rotatable bonds is 10. The lowest BCUT2D eigenvalue weighted by Crippen LogP contribution is -2.40. The van der Waals surface area contributed by atoms with Gasteiger partial charge in [-0.1, -0.05) is 53.4 Å². The maximum atomic E-state index is 11.8. The van der Waals surface area contributed by atoms with Crippen LogP contribution in [0.4, 0.5) is 0 Å². The molecule has 3 heteroatoms. The van der Waals surface area contributed by atoms with Crippen LogP contribution in [0.2, 0.25) is 18.1 Å². The van der Waals surface area contributed by atoms with Crippen molar-refractivity contribution < 1.29 is 9.22 Å². The van der Waals surface area contributed by atoms with E-state index in [1.807, 2.05) is 0 Å². The first-order valence-electron chi connectivity index (χ1n) is 7.15. The number of carbonyl (C=O) groups is 1. The fraction of sp³-hybridized carbons (Fsp3) is 0.857. The molecule has 1 radical (unpaired) electrons. The summed E-state index contributed by atoms with van der Waals surface area (Å²) < 4.78 is 5.93. The molecule has 2 nitrogen and oxygen atoms in total. The van der Waals surface area contributed by atoms with Crippen molar-refractivity contribution in [3.63, 3.8) is 0 Å². The van der Waals surface area contributed by atoms with Crippen molar-refractivity contribution >= 4 is 14.3 Å². The van der Waals surface area contributed by atoms with E-state index < -0.39 is 8.32 Å². The molecule has 0 aliphatic heterocycles. The standard InChI is InChI=1S/C14H29O2Si/c1-5-9-10-14(15)16-17(11-6-2,12-7-3)13-8-4/h1,5-13H2,2-4H3. The molecule has 17 heavy (non-hydrogen) atoms. The Morgan fingerprint density at radius 1 is 1.06 bits per heavy atom. The molecular weight excluding hydrogens is 228 g/mol. The Hall–Kier alpha value is -0.313. The quantitative estimate of drug-likeness (QED) is 0.530. The third-order valence-electron chi connectivity index (χ3n) is 3.08. The minimum Gasteiger partial charge on any atom is -0.519 e. The number of carbonyl (C=O) groups excluding carboxylic acids is 1. The summed E-state index contributed by atoms with van der Waals surface area (Å²) in [4.78, 5) is 11.8. The summed E-state index contributed by atoms with van der Waals surface area (Å²) in [7, 11) is -1.78. The molecule has 0 aromatic rings. The first-order chi connectivity index (χ1) is 8.14.